The van der Waals surface area contributed by atoms with E-state index in [0.29, 0.717) is 13.1 Å². The molecule has 1 aliphatic heterocycles. The van der Waals surface area contributed by atoms with Gasteiger partial charge in [-0.15, -0.1) is 0 Å². The van der Waals surface area contributed by atoms with Crippen molar-refractivity contribution in [3.8, 4) is 0 Å². The largest absolute Gasteiger partial charge is 0.355 e. The Morgan fingerprint density at radius 2 is 1.96 bits per heavy atom. The first kappa shape index (κ1) is 17.9. The smallest absolute Gasteiger partial charge is 0.234 e. The predicted molar refractivity (Wildman–Crippen MR) is 98.4 cm³/mol. The van der Waals surface area contributed by atoms with Crippen molar-refractivity contribution in [2.24, 2.45) is 0 Å². The van der Waals surface area contributed by atoms with E-state index in [-0.39, 0.29) is 17.7 Å². The van der Waals surface area contributed by atoms with E-state index in [0.717, 1.165) is 51.9 Å². The fourth-order valence-electron chi connectivity index (χ4n) is 4.04. The van der Waals surface area contributed by atoms with Crippen molar-refractivity contribution in [1.82, 2.24) is 15.1 Å². The van der Waals surface area contributed by atoms with Gasteiger partial charge in [-0.25, -0.2) is 0 Å². The van der Waals surface area contributed by atoms with Gasteiger partial charge >= 0.3 is 0 Å². The number of benzene rings is 1. The maximum absolute atomic E-state index is 13.1. The molecule has 1 fully saturated rings. The van der Waals surface area contributed by atoms with Gasteiger partial charge in [-0.3, -0.25) is 14.5 Å². The average molecular weight is 343 g/mol. The van der Waals surface area contributed by atoms with Crippen LogP contribution < -0.4 is 5.32 Å². The lowest BCUT2D eigenvalue weighted by Gasteiger charge is -2.30. The van der Waals surface area contributed by atoms with Gasteiger partial charge in [0, 0.05) is 32.7 Å². The number of fused-ring (bicyclic) bond motifs is 1. The van der Waals surface area contributed by atoms with Crippen LogP contribution in [0, 0.1) is 0 Å². The first-order valence-electron chi connectivity index (χ1n) is 9.54. The van der Waals surface area contributed by atoms with Crippen LogP contribution in [0.25, 0.3) is 0 Å². The van der Waals surface area contributed by atoms with Crippen molar-refractivity contribution in [1.29, 1.82) is 0 Å². The molecule has 1 aromatic rings. The molecule has 5 heteroatoms. The van der Waals surface area contributed by atoms with Gasteiger partial charge in [0.05, 0.1) is 12.5 Å². The lowest BCUT2D eigenvalue weighted by atomic mass is 9.82. The number of nitrogens with zero attached hydrogens (tertiary/aromatic N) is 2. The normalized spacial score (nSPS) is 21.3. The third-order valence-corrected chi connectivity index (χ3v) is 5.31. The van der Waals surface area contributed by atoms with Gasteiger partial charge in [-0.2, -0.15) is 0 Å². The molecule has 0 radical (unpaired) electrons. The molecule has 0 bridgehead atoms. The van der Waals surface area contributed by atoms with Gasteiger partial charge in [-0.05, 0) is 43.7 Å². The standard InChI is InChI=1S/C20H29N3O2/c1-2-21-19(24)15-22-11-6-12-23(14-13-22)20(25)18-10-5-8-16-7-3-4-9-17(16)18/h3-4,7,9,18H,2,5-6,8,10-15H2,1H3,(H,21,24)/t18-/m1/s1. The van der Waals surface area contributed by atoms with Crippen molar-refractivity contribution in [3.63, 3.8) is 0 Å². The van der Waals surface area contributed by atoms with Gasteiger partial charge < -0.3 is 10.2 Å². The Labute approximate surface area is 150 Å². The van der Waals surface area contributed by atoms with Crippen LogP contribution in [-0.2, 0) is 16.0 Å². The molecule has 3 rings (SSSR count). The lowest BCUT2D eigenvalue weighted by Crippen LogP contribution is -2.41. The van der Waals surface area contributed by atoms with Gasteiger partial charge in [0.1, 0.15) is 0 Å². The lowest BCUT2D eigenvalue weighted by molar-refractivity contribution is -0.133. The van der Waals surface area contributed by atoms with Crippen molar-refractivity contribution in [3.05, 3.63) is 35.4 Å². The summed E-state index contributed by atoms with van der Waals surface area (Å²) in [6, 6.07) is 8.39. The highest BCUT2D eigenvalue weighted by atomic mass is 16.2. The summed E-state index contributed by atoms with van der Waals surface area (Å²) in [5.41, 5.74) is 2.56. The summed E-state index contributed by atoms with van der Waals surface area (Å²) in [5.74, 6) is 0.357. The van der Waals surface area contributed by atoms with E-state index in [2.05, 4.69) is 28.4 Å². The molecule has 2 amide bonds. The van der Waals surface area contributed by atoms with E-state index in [1.165, 1.54) is 11.1 Å². The number of likely N-dealkylation sites (N-methyl/N-ethyl adjacent to an activating group) is 1. The minimum atomic E-state index is 0.0138. The zero-order valence-electron chi connectivity index (χ0n) is 15.2. The number of rotatable bonds is 4. The Morgan fingerprint density at radius 1 is 1.12 bits per heavy atom. The molecule has 0 unspecified atom stereocenters. The summed E-state index contributed by atoms with van der Waals surface area (Å²) in [7, 11) is 0. The molecule has 1 atom stereocenters. The Bertz CT molecular complexity index is 617. The van der Waals surface area contributed by atoms with E-state index in [4.69, 9.17) is 0 Å². The number of hydrogen-bond acceptors (Lipinski definition) is 3. The summed E-state index contributed by atoms with van der Waals surface area (Å²) in [5, 5.41) is 2.85. The van der Waals surface area contributed by atoms with Crippen LogP contribution in [0.15, 0.2) is 24.3 Å². The second-order valence-electron chi connectivity index (χ2n) is 7.05. The maximum Gasteiger partial charge on any atom is 0.234 e. The van der Waals surface area contributed by atoms with Crippen LogP contribution in [0.1, 0.15) is 43.2 Å². The van der Waals surface area contributed by atoms with Crippen molar-refractivity contribution in [2.75, 3.05) is 39.3 Å². The number of nitrogens with one attached hydrogen (secondary N) is 1. The maximum atomic E-state index is 13.1. The van der Waals surface area contributed by atoms with E-state index >= 15 is 0 Å². The highest BCUT2D eigenvalue weighted by molar-refractivity contribution is 5.84. The highest BCUT2D eigenvalue weighted by Crippen LogP contribution is 2.33. The Hall–Kier alpha value is -1.88. The molecule has 2 aliphatic rings. The minimum Gasteiger partial charge on any atom is -0.355 e. The van der Waals surface area contributed by atoms with Gasteiger partial charge in [0.15, 0.2) is 0 Å². The van der Waals surface area contributed by atoms with Gasteiger partial charge in [-0.1, -0.05) is 24.3 Å². The Morgan fingerprint density at radius 3 is 2.80 bits per heavy atom. The molecule has 1 aliphatic carbocycles. The topological polar surface area (TPSA) is 52.7 Å². The third kappa shape index (κ3) is 4.40. The molecule has 1 heterocycles. The number of hydrogen-bond donors (Lipinski definition) is 1. The first-order chi connectivity index (χ1) is 12.2. The molecule has 1 N–H and O–H groups in total. The highest BCUT2D eigenvalue weighted by Gasteiger charge is 2.30. The van der Waals surface area contributed by atoms with Crippen molar-refractivity contribution < 1.29 is 9.59 Å². The Kier molecular flexibility index (Phi) is 6.08. The van der Waals surface area contributed by atoms with E-state index in [9.17, 15) is 9.59 Å². The summed E-state index contributed by atoms with van der Waals surface area (Å²) in [4.78, 5) is 29.1. The average Bonchev–Trinajstić information content (AvgIpc) is 2.86. The van der Waals surface area contributed by atoms with E-state index < -0.39 is 0 Å². The molecular weight excluding hydrogens is 314 g/mol. The molecule has 5 nitrogen and oxygen atoms in total. The molecule has 1 saturated heterocycles. The second kappa shape index (κ2) is 8.48. The second-order valence-corrected chi connectivity index (χ2v) is 7.05. The van der Waals surface area contributed by atoms with E-state index in [1.807, 2.05) is 17.9 Å². The fraction of sp³-hybridized carbons (Fsp3) is 0.600. The van der Waals surface area contributed by atoms with E-state index in [1.54, 1.807) is 0 Å². The fourth-order valence-corrected chi connectivity index (χ4v) is 4.04. The molecule has 25 heavy (non-hydrogen) atoms. The first-order valence-corrected chi connectivity index (χ1v) is 9.54. The number of carbonyl (C=O) groups excluding carboxylic acids is 2. The van der Waals surface area contributed by atoms with Crippen LogP contribution >= 0.6 is 0 Å². The summed E-state index contributed by atoms with van der Waals surface area (Å²) in [6.45, 7) is 6.20. The summed E-state index contributed by atoms with van der Waals surface area (Å²) < 4.78 is 0. The van der Waals surface area contributed by atoms with Crippen LogP contribution in [-0.4, -0.2) is 60.9 Å². The van der Waals surface area contributed by atoms with Crippen LogP contribution in [0.4, 0.5) is 0 Å². The SMILES string of the molecule is CCNC(=O)CN1CCCN(C(=O)[C@@H]2CCCc3ccccc32)CC1. The molecule has 136 valence electrons. The summed E-state index contributed by atoms with van der Waals surface area (Å²) in [6.07, 6.45) is 4.05. The number of carbonyl (C=O) groups is 2. The van der Waals surface area contributed by atoms with Crippen LogP contribution in [0.3, 0.4) is 0 Å². The van der Waals surface area contributed by atoms with Gasteiger partial charge in [0.2, 0.25) is 11.8 Å². The molecule has 0 saturated carbocycles. The zero-order chi connectivity index (χ0) is 17.6. The van der Waals surface area contributed by atoms with Gasteiger partial charge in [0.25, 0.3) is 0 Å². The summed E-state index contributed by atoms with van der Waals surface area (Å²) >= 11 is 0. The number of amides is 2. The van der Waals surface area contributed by atoms with Crippen molar-refractivity contribution >= 4 is 11.8 Å². The predicted octanol–water partition coefficient (Wildman–Crippen LogP) is 1.78. The molecule has 0 spiro atoms. The van der Waals surface area contributed by atoms with Crippen LogP contribution in [0.5, 0.6) is 0 Å². The molecule has 1 aromatic carbocycles. The van der Waals surface area contributed by atoms with Crippen LogP contribution in [0.2, 0.25) is 0 Å². The minimum absolute atomic E-state index is 0.0138. The zero-order valence-corrected chi connectivity index (χ0v) is 15.2. The van der Waals surface area contributed by atoms with Crippen molar-refractivity contribution in [2.45, 2.75) is 38.5 Å². The monoisotopic (exact) mass is 343 g/mol. The molecular formula is C20H29N3O2. The number of aryl methyl sites for hydroxylation is 1. The third-order valence-electron chi connectivity index (χ3n) is 5.31. The quantitative estimate of drug-likeness (QED) is 0.907. The Balaban J connectivity index is 1.61. The molecule has 0 aromatic heterocycles.